The number of nitrogens with one attached hydrogen (secondary N) is 1. The summed E-state index contributed by atoms with van der Waals surface area (Å²) in [4.78, 5) is 0. The molecule has 0 aromatic carbocycles. The second-order valence-electron chi connectivity index (χ2n) is 6.38. The first-order chi connectivity index (χ1) is 7.36. The summed E-state index contributed by atoms with van der Waals surface area (Å²) >= 11 is 0. The third kappa shape index (κ3) is 2.15. The molecule has 0 amide bonds. The van der Waals surface area contributed by atoms with Gasteiger partial charge in [-0.1, -0.05) is 20.8 Å². The van der Waals surface area contributed by atoms with E-state index in [-0.39, 0.29) is 24.8 Å². The van der Waals surface area contributed by atoms with Gasteiger partial charge in [-0.15, -0.1) is 0 Å². The molecule has 1 aliphatic carbocycles. The van der Waals surface area contributed by atoms with Gasteiger partial charge in [-0.2, -0.15) is 0 Å². The summed E-state index contributed by atoms with van der Waals surface area (Å²) in [7, 11) is 1.86. The summed E-state index contributed by atoms with van der Waals surface area (Å²) < 4.78 is 12.2. The highest BCUT2D eigenvalue weighted by molar-refractivity contribution is 6.47. The molecular formula is C12H24BNO2. The van der Waals surface area contributed by atoms with E-state index in [1.54, 1.807) is 0 Å². The monoisotopic (exact) mass is 225 g/mol. The number of hydrogen-bond acceptors (Lipinski definition) is 3. The average molecular weight is 225 g/mol. The molecule has 3 nitrogen and oxygen atoms in total. The lowest BCUT2D eigenvalue weighted by atomic mass is 9.69. The van der Waals surface area contributed by atoms with Crippen molar-refractivity contribution in [1.29, 1.82) is 0 Å². The van der Waals surface area contributed by atoms with Crippen molar-refractivity contribution in [3.05, 3.63) is 0 Å². The van der Waals surface area contributed by atoms with E-state index < -0.39 is 0 Å². The SMILES string of the molecule is CNC(C)B1OC2CCC(C)(C)CC2(C)O1. The predicted molar refractivity (Wildman–Crippen MR) is 66.3 cm³/mol. The van der Waals surface area contributed by atoms with Crippen molar-refractivity contribution < 1.29 is 9.31 Å². The molecule has 1 heterocycles. The molecule has 1 saturated heterocycles. The standard InChI is InChI=1S/C12H24BNO2/c1-9(14-5)13-15-10-6-7-11(2,3)8-12(10,4)16-13/h9-10,14H,6-8H2,1-5H3. The molecule has 1 aliphatic heterocycles. The van der Waals surface area contributed by atoms with Crippen LogP contribution in [0.3, 0.4) is 0 Å². The van der Waals surface area contributed by atoms with E-state index in [1.807, 2.05) is 7.05 Å². The summed E-state index contributed by atoms with van der Waals surface area (Å²) in [6, 6.07) is 0. The van der Waals surface area contributed by atoms with Gasteiger partial charge in [-0.3, -0.25) is 0 Å². The Labute approximate surface area is 99.4 Å². The highest BCUT2D eigenvalue weighted by atomic mass is 16.7. The van der Waals surface area contributed by atoms with E-state index in [0.717, 1.165) is 12.8 Å². The second-order valence-corrected chi connectivity index (χ2v) is 6.38. The molecule has 1 saturated carbocycles. The lowest BCUT2D eigenvalue weighted by Gasteiger charge is -2.43. The Morgan fingerprint density at radius 3 is 2.69 bits per heavy atom. The molecule has 16 heavy (non-hydrogen) atoms. The van der Waals surface area contributed by atoms with Crippen molar-refractivity contribution in [2.45, 2.75) is 64.6 Å². The van der Waals surface area contributed by atoms with Crippen LogP contribution in [0.4, 0.5) is 0 Å². The van der Waals surface area contributed by atoms with Crippen LogP contribution in [-0.2, 0) is 9.31 Å². The molecule has 0 radical (unpaired) electrons. The lowest BCUT2D eigenvalue weighted by Crippen LogP contribution is -2.46. The van der Waals surface area contributed by atoms with Gasteiger partial charge in [0.05, 0.1) is 11.7 Å². The molecule has 4 heteroatoms. The summed E-state index contributed by atoms with van der Waals surface area (Å²) in [6.45, 7) is 8.97. The van der Waals surface area contributed by atoms with Gasteiger partial charge in [-0.25, -0.2) is 0 Å². The van der Waals surface area contributed by atoms with Gasteiger partial charge in [0.1, 0.15) is 0 Å². The lowest BCUT2D eigenvalue weighted by molar-refractivity contribution is -0.0298. The van der Waals surface area contributed by atoms with E-state index in [1.165, 1.54) is 6.42 Å². The van der Waals surface area contributed by atoms with Crippen molar-refractivity contribution in [3.63, 3.8) is 0 Å². The smallest absolute Gasteiger partial charge is 0.404 e. The maximum atomic E-state index is 6.16. The fourth-order valence-electron chi connectivity index (χ4n) is 3.12. The van der Waals surface area contributed by atoms with Crippen LogP contribution < -0.4 is 5.32 Å². The second kappa shape index (κ2) is 4.00. The van der Waals surface area contributed by atoms with Crippen molar-refractivity contribution in [1.82, 2.24) is 5.32 Å². The summed E-state index contributed by atoms with van der Waals surface area (Å²) in [6.07, 6.45) is 3.73. The minimum absolute atomic E-state index is 0.0858. The van der Waals surface area contributed by atoms with Crippen molar-refractivity contribution in [2.75, 3.05) is 7.05 Å². The van der Waals surface area contributed by atoms with E-state index in [4.69, 9.17) is 9.31 Å². The van der Waals surface area contributed by atoms with E-state index in [9.17, 15) is 0 Å². The van der Waals surface area contributed by atoms with Crippen LogP contribution in [0.15, 0.2) is 0 Å². The normalized spacial score (nSPS) is 39.6. The van der Waals surface area contributed by atoms with E-state index in [2.05, 4.69) is 33.0 Å². The molecule has 3 atom stereocenters. The zero-order valence-electron chi connectivity index (χ0n) is 11.2. The maximum absolute atomic E-state index is 6.16. The maximum Gasteiger partial charge on any atom is 0.475 e. The zero-order chi connectivity index (χ0) is 12.0. The Balaban J connectivity index is 2.08. The Hall–Kier alpha value is -0.0551. The molecule has 1 N–H and O–H groups in total. The molecule has 0 bridgehead atoms. The van der Waals surface area contributed by atoms with Gasteiger partial charge in [0.2, 0.25) is 0 Å². The number of rotatable bonds is 2. The predicted octanol–water partition coefficient (Wildman–Crippen LogP) is 2.01. The third-order valence-electron chi connectivity index (χ3n) is 4.14. The van der Waals surface area contributed by atoms with E-state index in [0.29, 0.717) is 5.41 Å². The Bertz CT molecular complexity index is 272. The van der Waals surface area contributed by atoms with Gasteiger partial charge in [0.25, 0.3) is 0 Å². The minimum atomic E-state index is -0.0890. The van der Waals surface area contributed by atoms with Crippen LogP contribution >= 0.6 is 0 Å². The average Bonchev–Trinajstić information content (AvgIpc) is 2.51. The van der Waals surface area contributed by atoms with Gasteiger partial charge < -0.3 is 14.6 Å². The van der Waals surface area contributed by atoms with Gasteiger partial charge in [0, 0.05) is 5.94 Å². The first-order valence-corrected chi connectivity index (χ1v) is 6.37. The van der Waals surface area contributed by atoms with E-state index >= 15 is 0 Å². The van der Waals surface area contributed by atoms with Gasteiger partial charge in [0.15, 0.2) is 0 Å². The van der Waals surface area contributed by atoms with Crippen LogP contribution in [0.2, 0.25) is 0 Å². The van der Waals surface area contributed by atoms with Crippen LogP contribution in [0, 0.1) is 5.41 Å². The molecule has 0 spiro atoms. The van der Waals surface area contributed by atoms with Crippen molar-refractivity contribution >= 4 is 7.12 Å². The molecule has 2 aliphatic rings. The van der Waals surface area contributed by atoms with Crippen LogP contribution in [0.25, 0.3) is 0 Å². The molecule has 0 aromatic heterocycles. The Kier molecular flexibility index (Phi) is 3.10. The van der Waals surface area contributed by atoms with Gasteiger partial charge in [-0.05, 0) is 38.6 Å². The third-order valence-corrected chi connectivity index (χ3v) is 4.14. The minimum Gasteiger partial charge on any atom is -0.404 e. The largest absolute Gasteiger partial charge is 0.475 e. The number of hydrogen-bond donors (Lipinski definition) is 1. The van der Waals surface area contributed by atoms with Crippen LogP contribution in [0.1, 0.15) is 47.0 Å². The Morgan fingerprint density at radius 2 is 2.06 bits per heavy atom. The highest BCUT2D eigenvalue weighted by Gasteiger charge is 2.54. The summed E-state index contributed by atoms with van der Waals surface area (Å²) in [5, 5.41) is 3.20. The Morgan fingerprint density at radius 1 is 1.38 bits per heavy atom. The van der Waals surface area contributed by atoms with Crippen molar-refractivity contribution in [2.24, 2.45) is 5.41 Å². The molecule has 2 fully saturated rings. The van der Waals surface area contributed by atoms with Crippen molar-refractivity contribution in [3.8, 4) is 0 Å². The summed E-state index contributed by atoms with van der Waals surface area (Å²) in [5.41, 5.74) is 0.296. The fraction of sp³-hybridized carbons (Fsp3) is 1.00. The first-order valence-electron chi connectivity index (χ1n) is 6.37. The quantitative estimate of drug-likeness (QED) is 0.729. The topological polar surface area (TPSA) is 30.5 Å². The van der Waals surface area contributed by atoms with Crippen LogP contribution in [0.5, 0.6) is 0 Å². The van der Waals surface area contributed by atoms with Crippen LogP contribution in [-0.4, -0.2) is 31.8 Å². The molecule has 2 rings (SSSR count). The zero-order valence-corrected chi connectivity index (χ0v) is 11.2. The molecular weight excluding hydrogens is 201 g/mol. The number of fused-ring (bicyclic) bond motifs is 1. The molecule has 3 unspecified atom stereocenters. The first kappa shape index (κ1) is 12.4. The molecule has 92 valence electrons. The molecule has 0 aromatic rings. The fourth-order valence-corrected chi connectivity index (χ4v) is 3.12. The highest BCUT2D eigenvalue weighted by Crippen LogP contribution is 2.47. The van der Waals surface area contributed by atoms with Gasteiger partial charge >= 0.3 is 7.12 Å². The summed E-state index contributed by atoms with van der Waals surface area (Å²) in [5.74, 6) is 0.255.